The van der Waals surface area contributed by atoms with E-state index in [1.54, 1.807) is 0 Å². The number of rotatable bonds is 20. The highest BCUT2D eigenvalue weighted by Crippen LogP contribution is 2.39. The standard InChI is InChI=1S/C28H50O7/c1-6-9-12-15-23(34-21(4)32-7-2)18-19-25-24(16-13-10-11-14-17-28(30)31)26(29)20-27(25)35-22(5)33-8-3/h10,13,18-19,21-27,29H,6-9,11-12,14-17,20H2,1-5H3,(H,30,31)/b13-10-,19-18+/t21-,22+,23-,24+,25+,26-,27+/m0/s1. The number of carboxylic acid groups (broad SMARTS) is 1. The zero-order valence-electron chi connectivity index (χ0n) is 22.6. The van der Waals surface area contributed by atoms with Crippen molar-refractivity contribution in [2.45, 2.75) is 123 Å². The van der Waals surface area contributed by atoms with Gasteiger partial charge in [0.15, 0.2) is 12.6 Å². The normalized spacial score (nSPS) is 25.4. The van der Waals surface area contributed by atoms with Crippen LogP contribution in [0.3, 0.4) is 0 Å². The van der Waals surface area contributed by atoms with Gasteiger partial charge in [-0.3, -0.25) is 4.79 Å². The van der Waals surface area contributed by atoms with Crippen LogP contribution in [0.25, 0.3) is 0 Å². The maximum atomic E-state index is 10.9. The van der Waals surface area contributed by atoms with Crippen LogP contribution >= 0.6 is 0 Å². The SMILES string of the molecule is CCCCC[C@@H](/C=C/[C@@H]1[C@@H](C/C=C\CCCC(=O)O)[C@@H](O)C[C@H]1O[C@H](C)OCC)O[C@@H](C)OCC. The van der Waals surface area contributed by atoms with Crippen LogP contribution in [0.4, 0.5) is 0 Å². The van der Waals surface area contributed by atoms with Gasteiger partial charge in [0.25, 0.3) is 0 Å². The molecular weight excluding hydrogens is 448 g/mol. The molecule has 0 aromatic carbocycles. The third-order valence-corrected chi connectivity index (χ3v) is 6.40. The molecule has 1 saturated carbocycles. The van der Waals surface area contributed by atoms with Crippen molar-refractivity contribution in [1.29, 1.82) is 0 Å². The molecular formula is C28H50O7. The van der Waals surface area contributed by atoms with E-state index in [9.17, 15) is 9.90 Å². The molecule has 7 atom stereocenters. The molecule has 1 aliphatic carbocycles. The van der Waals surface area contributed by atoms with E-state index in [1.807, 2.05) is 33.8 Å². The van der Waals surface area contributed by atoms with Gasteiger partial charge in [0.1, 0.15) is 0 Å². The van der Waals surface area contributed by atoms with Gasteiger partial charge in [0.2, 0.25) is 0 Å². The van der Waals surface area contributed by atoms with Crippen LogP contribution < -0.4 is 0 Å². The molecule has 1 fully saturated rings. The molecule has 7 heteroatoms. The molecule has 0 saturated heterocycles. The van der Waals surface area contributed by atoms with Crippen LogP contribution in [0.15, 0.2) is 24.3 Å². The molecule has 0 radical (unpaired) electrons. The van der Waals surface area contributed by atoms with E-state index in [2.05, 4.69) is 25.2 Å². The molecule has 35 heavy (non-hydrogen) atoms. The van der Waals surface area contributed by atoms with Crippen molar-refractivity contribution in [2.24, 2.45) is 11.8 Å². The number of aliphatic hydroxyl groups is 1. The molecule has 1 aliphatic rings. The third-order valence-electron chi connectivity index (χ3n) is 6.40. The van der Waals surface area contributed by atoms with Crippen LogP contribution in [-0.2, 0) is 23.7 Å². The predicted molar refractivity (Wildman–Crippen MR) is 138 cm³/mol. The van der Waals surface area contributed by atoms with E-state index in [4.69, 9.17) is 24.1 Å². The summed E-state index contributed by atoms with van der Waals surface area (Å²) in [5.41, 5.74) is 0. The minimum Gasteiger partial charge on any atom is -0.481 e. The first-order valence-corrected chi connectivity index (χ1v) is 13.6. The Hall–Kier alpha value is -1.25. The van der Waals surface area contributed by atoms with Gasteiger partial charge >= 0.3 is 5.97 Å². The molecule has 0 aliphatic heterocycles. The van der Waals surface area contributed by atoms with Crippen molar-refractivity contribution in [3.8, 4) is 0 Å². The van der Waals surface area contributed by atoms with Crippen LogP contribution in [0.1, 0.15) is 92.4 Å². The molecule has 0 unspecified atom stereocenters. The zero-order valence-corrected chi connectivity index (χ0v) is 22.6. The number of hydrogen-bond donors (Lipinski definition) is 2. The average Bonchev–Trinajstić information content (AvgIpc) is 3.08. The van der Waals surface area contributed by atoms with Crippen molar-refractivity contribution >= 4 is 5.97 Å². The maximum absolute atomic E-state index is 10.9. The van der Waals surface area contributed by atoms with Gasteiger partial charge in [0.05, 0.1) is 18.3 Å². The number of carbonyl (C=O) groups is 1. The summed E-state index contributed by atoms with van der Waals surface area (Å²) in [6.45, 7) is 11.1. The molecule has 0 aromatic heterocycles. The number of aliphatic carboxylic acids is 1. The van der Waals surface area contributed by atoms with E-state index in [0.29, 0.717) is 32.5 Å². The summed E-state index contributed by atoms with van der Waals surface area (Å²) in [7, 11) is 0. The fourth-order valence-electron chi connectivity index (χ4n) is 4.67. The van der Waals surface area contributed by atoms with E-state index in [1.165, 1.54) is 0 Å². The highest BCUT2D eigenvalue weighted by atomic mass is 16.7. The number of hydrogen-bond acceptors (Lipinski definition) is 6. The quantitative estimate of drug-likeness (QED) is 0.123. The largest absolute Gasteiger partial charge is 0.481 e. The Morgan fingerprint density at radius 1 is 1.03 bits per heavy atom. The van der Waals surface area contributed by atoms with Crippen molar-refractivity contribution in [3.05, 3.63) is 24.3 Å². The predicted octanol–water partition coefficient (Wildman–Crippen LogP) is 5.86. The molecule has 1 rings (SSSR count). The Bertz CT molecular complexity index is 606. The van der Waals surface area contributed by atoms with Crippen LogP contribution in [0.5, 0.6) is 0 Å². The molecule has 204 valence electrons. The topological polar surface area (TPSA) is 94.5 Å². The molecule has 2 N–H and O–H groups in total. The van der Waals surface area contributed by atoms with Crippen LogP contribution in [-0.4, -0.2) is 60.3 Å². The Balaban J connectivity index is 2.94. The lowest BCUT2D eigenvalue weighted by Gasteiger charge is -2.26. The lowest BCUT2D eigenvalue weighted by atomic mass is 9.89. The molecule has 0 aromatic rings. The smallest absolute Gasteiger partial charge is 0.303 e. The Labute approximate surface area is 212 Å². The van der Waals surface area contributed by atoms with Crippen molar-refractivity contribution in [3.63, 3.8) is 0 Å². The maximum Gasteiger partial charge on any atom is 0.303 e. The second kappa shape index (κ2) is 18.9. The van der Waals surface area contributed by atoms with Gasteiger partial charge < -0.3 is 29.2 Å². The highest BCUT2D eigenvalue weighted by molar-refractivity contribution is 5.66. The summed E-state index contributed by atoms with van der Waals surface area (Å²) >= 11 is 0. The van der Waals surface area contributed by atoms with Crippen LogP contribution in [0, 0.1) is 11.8 Å². The summed E-state index contributed by atoms with van der Waals surface area (Å²) in [4.78, 5) is 10.7. The van der Waals surface area contributed by atoms with E-state index < -0.39 is 12.1 Å². The monoisotopic (exact) mass is 498 g/mol. The molecule has 7 nitrogen and oxygen atoms in total. The van der Waals surface area contributed by atoms with Gasteiger partial charge in [-0.25, -0.2) is 0 Å². The van der Waals surface area contributed by atoms with E-state index in [-0.39, 0.29) is 43.0 Å². The van der Waals surface area contributed by atoms with Gasteiger partial charge in [0, 0.05) is 32.0 Å². The van der Waals surface area contributed by atoms with Crippen molar-refractivity contribution < 1.29 is 34.0 Å². The van der Waals surface area contributed by atoms with Crippen molar-refractivity contribution in [1.82, 2.24) is 0 Å². The number of allylic oxidation sites excluding steroid dienone is 2. The molecule has 0 heterocycles. The number of ether oxygens (including phenoxy) is 4. The van der Waals surface area contributed by atoms with Gasteiger partial charge in [-0.1, -0.05) is 50.5 Å². The van der Waals surface area contributed by atoms with Gasteiger partial charge in [-0.05, 0) is 59.3 Å². The first-order valence-electron chi connectivity index (χ1n) is 13.6. The summed E-state index contributed by atoms with van der Waals surface area (Å²) in [5, 5.41) is 19.7. The highest BCUT2D eigenvalue weighted by Gasteiger charge is 2.42. The third kappa shape index (κ3) is 13.6. The number of unbranched alkanes of at least 4 members (excludes halogenated alkanes) is 3. The molecule has 0 spiro atoms. The summed E-state index contributed by atoms with van der Waals surface area (Å²) in [5.74, 6) is -0.731. The number of carboxylic acids is 1. The first-order chi connectivity index (χ1) is 16.8. The van der Waals surface area contributed by atoms with Gasteiger partial charge in [-0.2, -0.15) is 0 Å². The molecule has 0 bridgehead atoms. The Kier molecular flexibility index (Phi) is 17.2. The van der Waals surface area contributed by atoms with E-state index in [0.717, 1.165) is 32.1 Å². The molecule has 0 amide bonds. The Morgan fingerprint density at radius 3 is 2.40 bits per heavy atom. The fraction of sp³-hybridized carbons (Fsp3) is 0.821. The number of aliphatic hydroxyl groups excluding tert-OH is 1. The fourth-order valence-corrected chi connectivity index (χ4v) is 4.67. The average molecular weight is 499 g/mol. The minimum atomic E-state index is -0.771. The second-order valence-electron chi connectivity index (χ2n) is 9.31. The second-order valence-corrected chi connectivity index (χ2v) is 9.31. The summed E-state index contributed by atoms with van der Waals surface area (Å²) in [6, 6.07) is 0. The van der Waals surface area contributed by atoms with Crippen molar-refractivity contribution in [2.75, 3.05) is 13.2 Å². The zero-order chi connectivity index (χ0) is 26.1. The summed E-state index contributed by atoms with van der Waals surface area (Å²) < 4.78 is 23.6. The van der Waals surface area contributed by atoms with E-state index >= 15 is 0 Å². The summed E-state index contributed by atoms with van der Waals surface area (Å²) in [6.07, 6.45) is 14.2. The minimum absolute atomic E-state index is 0.0152. The van der Waals surface area contributed by atoms with Gasteiger partial charge in [-0.15, -0.1) is 0 Å². The lowest BCUT2D eigenvalue weighted by Crippen LogP contribution is -2.27. The first kappa shape index (κ1) is 31.8. The van der Waals surface area contributed by atoms with Crippen LogP contribution in [0.2, 0.25) is 0 Å². The Morgan fingerprint density at radius 2 is 1.74 bits per heavy atom. The lowest BCUT2D eigenvalue weighted by molar-refractivity contribution is -0.163.